The van der Waals surface area contributed by atoms with Crippen LogP contribution in [0.4, 0.5) is 5.69 Å². The van der Waals surface area contributed by atoms with E-state index >= 15 is 0 Å². The maximum absolute atomic E-state index is 12.2. The van der Waals surface area contributed by atoms with Gasteiger partial charge in [-0.2, -0.15) is 0 Å². The van der Waals surface area contributed by atoms with Gasteiger partial charge in [0, 0.05) is 0 Å². The summed E-state index contributed by atoms with van der Waals surface area (Å²) in [7, 11) is 2.73. The summed E-state index contributed by atoms with van der Waals surface area (Å²) in [4.78, 5) is 18.2. The molecule has 0 spiro atoms. The van der Waals surface area contributed by atoms with Crippen LogP contribution in [0.15, 0.2) is 22.9 Å². The fraction of sp³-hybridized carbons (Fsp3) is 0.333. The van der Waals surface area contributed by atoms with Crippen LogP contribution < -0.4 is 14.4 Å². The Morgan fingerprint density at radius 2 is 2.30 bits per heavy atom. The van der Waals surface area contributed by atoms with Gasteiger partial charge >= 0.3 is 5.97 Å². The number of nitrogens with zero attached hydrogens (tertiary/aromatic N) is 2. The number of oxazole rings is 1. The number of halogens is 1. The van der Waals surface area contributed by atoms with E-state index in [1.54, 1.807) is 12.3 Å². The lowest BCUT2D eigenvalue weighted by Crippen LogP contribution is -2.33. The summed E-state index contributed by atoms with van der Waals surface area (Å²) < 4.78 is 21.1. The Labute approximate surface area is 137 Å². The molecule has 0 saturated carbocycles. The fourth-order valence-electron chi connectivity index (χ4n) is 2.51. The van der Waals surface area contributed by atoms with Gasteiger partial charge < -0.3 is 23.5 Å². The van der Waals surface area contributed by atoms with Crippen molar-refractivity contribution in [2.24, 2.45) is 0 Å². The molecule has 0 N–H and O–H groups in total. The maximum atomic E-state index is 12.2. The Kier molecular flexibility index (Phi) is 4.29. The van der Waals surface area contributed by atoms with Gasteiger partial charge in [0.05, 0.1) is 44.2 Å². The highest BCUT2D eigenvalue weighted by Crippen LogP contribution is 2.45. The second-order valence-corrected chi connectivity index (χ2v) is 5.21. The van der Waals surface area contributed by atoms with Crippen LogP contribution in [0.1, 0.15) is 16.2 Å². The minimum Gasteiger partial charge on any atom is -0.494 e. The molecule has 0 aliphatic carbocycles. The molecule has 1 aromatic carbocycles. The Morgan fingerprint density at radius 1 is 1.48 bits per heavy atom. The molecule has 1 aliphatic heterocycles. The standard InChI is InChI=1S/C15H15ClN2O5/c1-20-13-9(16)7-10-14(12(13)15(19)21-2)23-6-4-18(10)8-11-17-3-5-22-11/h3,5,7H,4,6,8H2,1-2H3. The van der Waals surface area contributed by atoms with Gasteiger partial charge in [-0.1, -0.05) is 11.6 Å². The smallest absolute Gasteiger partial charge is 0.345 e. The van der Waals surface area contributed by atoms with Crippen molar-refractivity contribution in [2.45, 2.75) is 6.54 Å². The molecule has 8 heteroatoms. The second kappa shape index (κ2) is 6.37. The summed E-state index contributed by atoms with van der Waals surface area (Å²) in [6.07, 6.45) is 3.09. The second-order valence-electron chi connectivity index (χ2n) is 4.80. The number of ether oxygens (including phenoxy) is 3. The van der Waals surface area contributed by atoms with Crippen LogP contribution in [0.5, 0.6) is 11.5 Å². The first-order chi connectivity index (χ1) is 11.2. The number of hydrogen-bond donors (Lipinski definition) is 0. The van der Waals surface area contributed by atoms with E-state index < -0.39 is 5.97 Å². The number of methoxy groups -OCH3 is 2. The third-order valence-electron chi connectivity index (χ3n) is 3.52. The lowest BCUT2D eigenvalue weighted by molar-refractivity contribution is 0.0591. The average Bonchev–Trinajstić information content (AvgIpc) is 3.06. The number of rotatable bonds is 4. The lowest BCUT2D eigenvalue weighted by atomic mass is 10.1. The van der Waals surface area contributed by atoms with Crippen LogP contribution in [0.2, 0.25) is 5.02 Å². The van der Waals surface area contributed by atoms with Crippen molar-refractivity contribution in [1.82, 2.24) is 4.98 Å². The van der Waals surface area contributed by atoms with Gasteiger partial charge in [0.2, 0.25) is 5.89 Å². The van der Waals surface area contributed by atoms with Gasteiger partial charge in [-0.3, -0.25) is 0 Å². The molecule has 0 saturated heterocycles. The van der Waals surface area contributed by atoms with Crippen molar-refractivity contribution in [3.8, 4) is 11.5 Å². The third-order valence-corrected chi connectivity index (χ3v) is 3.80. The van der Waals surface area contributed by atoms with E-state index in [4.69, 9.17) is 30.2 Å². The summed E-state index contributed by atoms with van der Waals surface area (Å²) in [5, 5.41) is 0.301. The summed E-state index contributed by atoms with van der Waals surface area (Å²) in [6, 6.07) is 1.70. The Bertz CT molecular complexity index is 717. The predicted molar refractivity (Wildman–Crippen MR) is 82.4 cm³/mol. The number of carbonyl (C=O) groups excluding carboxylic acids is 1. The van der Waals surface area contributed by atoms with Crippen molar-refractivity contribution in [2.75, 3.05) is 32.3 Å². The van der Waals surface area contributed by atoms with Crippen LogP contribution in [0, 0.1) is 0 Å². The first-order valence-electron chi connectivity index (χ1n) is 6.90. The first-order valence-corrected chi connectivity index (χ1v) is 7.28. The highest BCUT2D eigenvalue weighted by Gasteiger charge is 2.31. The lowest BCUT2D eigenvalue weighted by Gasteiger charge is -2.32. The average molecular weight is 339 g/mol. The highest BCUT2D eigenvalue weighted by molar-refractivity contribution is 6.33. The molecule has 3 rings (SSSR count). The van der Waals surface area contributed by atoms with E-state index in [1.165, 1.54) is 20.5 Å². The Morgan fingerprint density at radius 3 is 2.96 bits per heavy atom. The van der Waals surface area contributed by atoms with Gasteiger partial charge in [-0.25, -0.2) is 9.78 Å². The van der Waals surface area contributed by atoms with Gasteiger partial charge in [0.1, 0.15) is 18.4 Å². The molecule has 0 atom stereocenters. The summed E-state index contributed by atoms with van der Waals surface area (Å²) in [5.74, 6) is 0.606. The number of anilines is 1. The number of esters is 1. The molecule has 2 heterocycles. The highest BCUT2D eigenvalue weighted by atomic mass is 35.5. The maximum Gasteiger partial charge on any atom is 0.345 e. The molecule has 1 aromatic heterocycles. The number of hydrogen-bond acceptors (Lipinski definition) is 7. The molecule has 7 nitrogen and oxygen atoms in total. The fourth-order valence-corrected chi connectivity index (χ4v) is 2.78. The van der Waals surface area contributed by atoms with Crippen molar-refractivity contribution in [1.29, 1.82) is 0 Å². The van der Waals surface area contributed by atoms with Crippen LogP contribution >= 0.6 is 11.6 Å². The largest absolute Gasteiger partial charge is 0.494 e. The van der Waals surface area contributed by atoms with E-state index in [1.807, 2.05) is 4.90 Å². The van der Waals surface area contributed by atoms with Crippen molar-refractivity contribution < 1.29 is 23.4 Å². The molecule has 1 aliphatic rings. The number of aromatic nitrogens is 1. The quantitative estimate of drug-likeness (QED) is 0.793. The number of benzene rings is 1. The summed E-state index contributed by atoms with van der Waals surface area (Å²) in [5.41, 5.74) is 0.843. The van der Waals surface area contributed by atoms with E-state index in [0.29, 0.717) is 42.0 Å². The summed E-state index contributed by atoms with van der Waals surface area (Å²) in [6.45, 7) is 1.45. The molecule has 0 unspecified atom stereocenters. The molecule has 122 valence electrons. The number of carbonyl (C=O) groups is 1. The van der Waals surface area contributed by atoms with E-state index in [-0.39, 0.29) is 11.3 Å². The molecule has 0 radical (unpaired) electrons. The topological polar surface area (TPSA) is 74.0 Å². The first kappa shape index (κ1) is 15.5. The van der Waals surface area contributed by atoms with E-state index in [2.05, 4.69) is 4.98 Å². The Balaban J connectivity index is 2.09. The van der Waals surface area contributed by atoms with E-state index in [9.17, 15) is 4.79 Å². The van der Waals surface area contributed by atoms with Crippen molar-refractivity contribution in [3.05, 3.63) is 35.0 Å². The monoisotopic (exact) mass is 338 g/mol. The molecular formula is C15H15ClN2O5. The van der Waals surface area contributed by atoms with Crippen LogP contribution in [-0.2, 0) is 11.3 Å². The van der Waals surface area contributed by atoms with Gasteiger partial charge in [-0.05, 0) is 6.07 Å². The minimum atomic E-state index is -0.571. The van der Waals surface area contributed by atoms with Crippen LogP contribution in [0.25, 0.3) is 0 Å². The zero-order valence-corrected chi connectivity index (χ0v) is 13.4. The van der Waals surface area contributed by atoms with Crippen molar-refractivity contribution in [3.63, 3.8) is 0 Å². The zero-order chi connectivity index (χ0) is 16.4. The minimum absolute atomic E-state index is 0.176. The third kappa shape index (κ3) is 2.79. The van der Waals surface area contributed by atoms with Gasteiger partial charge in [-0.15, -0.1) is 0 Å². The van der Waals surface area contributed by atoms with Crippen molar-refractivity contribution >= 4 is 23.3 Å². The predicted octanol–water partition coefficient (Wildman–Crippen LogP) is 2.52. The Hall–Kier alpha value is -2.41. The van der Waals surface area contributed by atoms with Gasteiger partial charge in [0.15, 0.2) is 11.5 Å². The SMILES string of the molecule is COC(=O)c1c(OC)c(Cl)cc2c1OCCN2Cc1ncco1. The molecule has 0 fully saturated rings. The molecule has 23 heavy (non-hydrogen) atoms. The van der Waals surface area contributed by atoms with E-state index in [0.717, 1.165) is 0 Å². The molecule has 0 bridgehead atoms. The molecule has 0 amide bonds. The van der Waals surface area contributed by atoms with Gasteiger partial charge in [0.25, 0.3) is 0 Å². The molecule has 2 aromatic rings. The normalized spacial score (nSPS) is 13.3. The summed E-state index contributed by atoms with van der Waals surface area (Å²) >= 11 is 6.26. The number of fused-ring (bicyclic) bond motifs is 1. The van der Waals surface area contributed by atoms with Crippen LogP contribution in [0.3, 0.4) is 0 Å². The van der Waals surface area contributed by atoms with Crippen LogP contribution in [-0.4, -0.2) is 38.3 Å². The molecular weight excluding hydrogens is 324 g/mol. The zero-order valence-electron chi connectivity index (χ0n) is 12.7.